The molecule has 1 fully saturated rings. The summed E-state index contributed by atoms with van der Waals surface area (Å²) in [4.78, 5) is 49.0. The van der Waals surface area contributed by atoms with Crippen molar-refractivity contribution >= 4 is 23.7 Å². The van der Waals surface area contributed by atoms with Gasteiger partial charge in [0.2, 0.25) is 5.91 Å². The molecule has 0 saturated carbocycles. The molecule has 1 saturated heterocycles. The number of rotatable bonds is 52. The minimum Gasteiger partial charge on any atom is -0.491 e. The van der Waals surface area contributed by atoms with Gasteiger partial charge < -0.3 is 28.4 Å². The van der Waals surface area contributed by atoms with Crippen LogP contribution in [0, 0.1) is 5.82 Å². The van der Waals surface area contributed by atoms with Crippen LogP contribution in [-0.2, 0) is 42.9 Å². The van der Waals surface area contributed by atoms with Gasteiger partial charge in [-0.1, -0.05) is 213 Å². The Labute approximate surface area is 455 Å². The highest BCUT2D eigenvalue weighted by molar-refractivity contribution is 6.22. The Kier molecular flexibility index (Phi) is 40.4. The van der Waals surface area contributed by atoms with Crippen molar-refractivity contribution in [1.82, 2.24) is 4.90 Å². The molecule has 2 aliphatic heterocycles. The summed E-state index contributed by atoms with van der Waals surface area (Å²) in [7, 11) is 0. The molecule has 3 amide bonds. The Balaban J connectivity index is 1.23. The normalized spacial score (nSPS) is 15.9. The van der Waals surface area contributed by atoms with Crippen LogP contribution in [0.5, 0.6) is 5.75 Å². The largest absolute Gasteiger partial charge is 0.491 e. The Bertz CT molecular complexity index is 1620. The summed E-state index contributed by atoms with van der Waals surface area (Å²) in [6, 6.07) is 4.58. The van der Waals surface area contributed by atoms with Gasteiger partial charge in [0.1, 0.15) is 0 Å². The second-order valence-electron chi connectivity index (χ2n) is 21.6. The molecule has 1 aromatic rings. The van der Waals surface area contributed by atoms with Crippen LogP contribution in [-0.4, -0.2) is 80.4 Å². The highest BCUT2D eigenvalue weighted by Gasteiger charge is 2.30. The van der Waals surface area contributed by atoms with Gasteiger partial charge in [0.25, 0.3) is 11.8 Å². The molecule has 430 valence electrons. The fourth-order valence-electron chi connectivity index (χ4n) is 9.97. The molecule has 12 heteroatoms. The summed E-state index contributed by atoms with van der Waals surface area (Å²) in [5.74, 6) is -2.50. The molecule has 0 radical (unpaired) electrons. The molecule has 3 rings (SSSR count). The number of amides is 3. The Hall–Kier alpha value is -3.19. The Morgan fingerprint density at radius 3 is 1.59 bits per heavy atom. The van der Waals surface area contributed by atoms with E-state index in [1.54, 1.807) is 6.07 Å². The molecule has 2 aliphatic rings. The minimum atomic E-state index is -0.690. The summed E-state index contributed by atoms with van der Waals surface area (Å²) in [5, 5.41) is 0. The monoisotopic (exact) mass is 1060 g/mol. The van der Waals surface area contributed by atoms with E-state index in [-0.39, 0.29) is 37.0 Å². The van der Waals surface area contributed by atoms with Crippen molar-refractivity contribution in [3.63, 3.8) is 0 Å². The number of imide groups is 3. The third-order valence-electron chi connectivity index (χ3n) is 14.7. The van der Waals surface area contributed by atoms with E-state index in [2.05, 4.69) is 13.8 Å². The maximum absolute atomic E-state index is 14.9. The third kappa shape index (κ3) is 33.7. The van der Waals surface area contributed by atoms with E-state index in [4.69, 9.17) is 28.4 Å². The van der Waals surface area contributed by atoms with Crippen LogP contribution in [0.1, 0.15) is 283 Å². The predicted molar refractivity (Wildman–Crippen MR) is 299 cm³/mol. The van der Waals surface area contributed by atoms with Gasteiger partial charge in [-0.05, 0) is 63.5 Å². The van der Waals surface area contributed by atoms with Crippen molar-refractivity contribution in [3.05, 3.63) is 41.7 Å². The van der Waals surface area contributed by atoms with Gasteiger partial charge in [-0.3, -0.25) is 19.2 Å². The molecular formula is C63H106FNO10. The first-order valence-electron chi connectivity index (χ1n) is 31.0. The molecule has 75 heavy (non-hydrogen) atoms. The molecular weight excluding hydrogens is 950 g/mol. The number of benzene rings is 1. The number of hydrogen-bond acceptors (Lipinski definition) is 10. The number of nitrogens with zero attached hydrogens (tertiary/aromatic N) is 1. The van der Waals surface area contributed by atoms with E-state index < -0.39 is 29.8 Å². The van der Waals surface area contributed by atoms with E-state index in [0.717, 1.165) is 44.4 Å². The summed E-state index contributed by atoms with van der Waals surface area (Å²) in [6.07, 6.45) is 48.1. The maximum atomic E-state index is 14.9. The molecule has 0 aromatic heterocycles. The lowest BCUT2D eigenvalue weighted by Gasteiger charge is -2.18. The number of ether oxygens (including phenoxy) is 6. The first kappa shape index (κ1) is 66.1. The van der Waals surface area contributed by atoms with Crippen LogP contribution in [0.4, 0.5) is 4.39 Å². The molecule has 3 unspecified atom stereocenters. The topological polar surface area (TPSA) is 127 Å². The third-order valence-corrected chi connectivity index (χ3v) is 14.7. The zero-order valence-corrected chi connectivity index (χ0v) is 47.6. The van der Waals surface area contributed by atoms with E-state index in [1.807, 2.05) is 0 Å². The summed E-state index contributed by atoms with van der Waals surface area (Å²) >= 11 is 0. The van der Waals surface area contributed by atoms with Gasteiger partial charge in [-0.25, -0.2) is 9.29 Å². The number of hydrogen-bond donors (Lipinski definition) is 0. The Morgan fingerprint density at radius 1 is 0.587 bits per heavy atom. The van der Waals surface area contributed by atoms with Crippen molar-refractivity contribution in [1.29, 1.82) is 0 Å². The first-order valence-corrected chi connectivity index (χ1v) is 31.0. The van der Waals surface area contributed by atoms with E-state index >= 15 is 0 Å². The molecule has 1 aromatic carbocycles. The van der Waals surface area contributed by atoms with Crippen molar-refractivity contribution in [2.45, 2.75) is 289 Å². The number of esters is 1. The molecule has 11 nitrogen and oxygen atoms in total. The van der Waals surface area contributed by atoms with Crippen LogP contribution in [0.2, 0.25) is 0 Å². The summed E-state index contributed by atoms with van der Waals surface area (Å²) in [5.41, 5.74) is 0.549. The number of unbranched alkanes of at least 4 members (excludes halogenated alkanes) is 32. The fourth-order valence-corrected chi connectivity index (χ4v) is 9.97. The van der Waals surface area contributed by atoms with Crippen LogP contribution < -0.4 is 4.74 Å². The van der Waals surface area contributed by atoms with Crippen molar-refractivity contribution in [3.8, 4) is 5.75 Å². The lowest BCUT2D eigenvalue weighted by molar-refractivity contribution is -0.148. The second-order valence-corrected chi connectivity index (χ2v) is 21.6. The van der Waals surface area contributed by atoms with Gasteiger partial charge in [0.05, 0.1) is 38.6 Å². The maximum Gasteiger partial charge on any atom is 0.305 e. The minimum absolute atomic E-state index is 0.0123. The van der Waals surface area contributed by atoms with Crippen molar-refractivity contribution in [2.75, 3.05) is 39.6 Å². The molecule has 0 spiro atoms. The predicted octanol–water partition coefficient (Wildman–Crippen LogP) is 16.7. The quantitative estimate of drug-likeness (QED) is 0.0353. The van der Waals surface area contributed by atoms with Gasteiger partial charge in [0, 0.05) is 43.8 Å². The van der Waals surface area contributed by atoms with E-state index in [9.17, 15) is 23.6 Å². The zero-order chi connectivity index (χ0) is 53.7. The van der Waals surface area contributed by atoms with Gasteiger partial charge in [0.15, 0.2) is 17.9 Å². The number of carbonyl (C=O) groups excluding carboxylic acids is 4. The SMILES string of the molecule is CCCCCCCCCCCCCCCCCCOCC(CCC(=O)OCCCCC1COC(c2ccc(OCCCCC(=O)N3C(=O)C=CC3=O)c(F)c2)O1)OCCCCCCCCCCCCCCCCCC. The zero-order valence-electron chi connectivity index (χ0n) is 47.6. The molecule has 2 heterocycles. The lowest BCUT2D eigenvalue weighted by atomic mass is 10.0. The van der Waals surface area contributed by atoms with Crippen LogP contribution in [0.15, 0.2) is 30.4 Å². The molecule has 0 aliphatic carbocycles. The first-order chi connectivity index (χ1) is 36.8. The standard InChI is InChI=1S/C63H106FNO10/c1-3-5-7-9-11-13-15-17-19-21-23-25-27-29-31-35-47-70-52-55(71-48-36-32-30-28-26-24-22-20-18-16-14-12-10-8-6-4-2)42-46-62(69)73-50-37-33-39-56-53-74-63(75-56)54-41-43-58(57(64)51-54)72-49-38-34-40-59(66)65-60(67)44-45-61(65)68/h41,43-45,51,55-56,63H,3-40,42,46-50,52-53H2,1-2H3. The van der Waals surface area contributed by atoms with Crippen LogP contribution in [0.25, 0.3) is 0 Å². The van der Waals surface area contributed by atoms with Crippen LogP contribution >= 0.6 is 0 Å². The highest BCUT2D eigenvalue weighted by atomic mass is 19.1. The van der Waals surface area contributed by atoms with Crippen LogP contribution in [0.3, 0.4) is 0 Å². The van der Waals surface area contributed by atoms with Gasteiger partial charge in [-0.2, -0.15) is 0 Å². The fraction of sp³-hybridized carbons (Fsp3) is 0.810. The second kappa shape index (κ2) is 45.8. The van der Waals surface area contributed by atoms with Gasteiger partial charge >= 0.3 is 5.97 Å². The summed E-state index contributed by atoms with van der Waals surface area (Å²) in [6.45, 7) is 7.41. The Morgan fingerprint density at radius 2 is 1.07 bits per heavy atom. The highest BCUT2D eigenvalue weighted by Crippen LogP contribution is 2.32. The van der Waals surface area contributed by atoms with Crippen molar-refractivity contribution < 1.29 is 52.0 Å². The smallest absolute Gasteiger partial charge is 0.305 e. The van der Waals surface area contributed by atoms with E-state index in [1.165, 1.54) is 205 Å². The molecule has 0 bridgehead atoms. The number of carbonyl (C=O) groups is 4. The number of halogens is 1. The summed E-state index contributed by atoms with van der Waals surface area (Å²) < 4.78 is 50.5. The van der Waals surface area contributed by atoms with Crippen molar-refractivity contribution in [2.24, 2.45) is 0 Å². The molecule has 3 atom stereocenters. The average Bonchev–Trinajstić information content (AvgIpc) is 4.03. The average molecular weight is 1060 g/mol. The van der Waals surface area contributed by atoms with E-state index in [0.29, 0.717) is 69.0 Å². The van der Waals surface area contributed by atoms with Gasteiger partial charge in [-0.15, -0.1) is 0 Å². The molecule has 0 N–H and O–H groups in total. The lowest BCUT2D eigenvalue weighted by Crippen LogP contribution is -2.36.